The molecule has 0 radical (unpaired) electrons. The Morgan fingerprint density at radius 1 is 1.38 bits per heavy atom. The number of carbonyl (C=O) groups is 1. The number of carboxylic acid groups (broad SMARTS) is 1. The minimum Gasteiger partial charge on any atom is -0.478 e. The summed E-state index contributed by atoms with van der Waals surface area (Å²) in [5.74, 6) is -0.0135. The number of fused-ring (bicyclic) bond motifs is 1. The van der Waals surface area contributed by atoms with E-state index in [2.05, 4.69) is 4.98 Å². The molecular formula is C12H11NO2S. The SMILES string of the molecule is CCSc1ncc(C(=O)O)c2ccccc12. The molecule has 2 rings (SSSR count). The summed E-state index contributed by atoms with van der Waals surface area (Å²) < 4.78 is 0. The Balaban J connectivity index is 2.71. The first-order valence-corrected chi connectivity index (χ1v) is 5.96. The molecule has 0 saturated heterocycles. The van der Waals surface area contributed by atoms with Gasteiger partial charge in [0.15, 0.2) is 0 Å². The lowest BCUT2D eigenvalue weighted by Gasteiger charge is -2.06. The largest absolute Gasteiger partial charge is 0.478 e. The fraction of sp³-hybridized carbons (Fsp3) is 0.167. The highest BCUT2D eigenvalue weighted by Crippen LogP contribution is 2.27. The molecular weight excluding hydrogens is 222 g/mol. The predicted octanol–water partition coefficient (Wildman–Crippen LogP) is 3.05. The second-order valence-electron chi connectivity index (χ2n) is 3.26. The fourth-order valence-electron chi connectivity index (χ4n) is 1.59. The zero-order chi connectivity index (χ0) is 11.5. The van der Waals surface area contributed by atoms with Crippen molar-refractivity contribution >= 4 is 28.5 Å². The maximum Gasteiger partial charge on any atom is 0.337 e. The molecule has 0 spiro atoms. The molecule has 82 valence electrons. The van der Waals surface area contributed by atoms with E-state index in [4.69, 9.17) is 5.11 Å². The molecule has 2 aromatic rings. The normalized spacial score (nSPS) is 10.6. The standard InChI is InChI=1S/C12H11NO2S/c1-2-16-11-9-6-4-3-5-8(9)10(7-13-11)12(14)15/h3-7H,2H2,1H3,(H,14,15). The van der Waals surface area contributed by atoms with E-state index in [9.17, 15) is 4.79 Å². The van der Waals surface area contributed by atoms with Crippen molar-refractivity contribution in [2.75, 3.05) is 5.75 Å². The Kier molecular flexibility index (Phi) is 3.10. The zero-order valence-corrected chi connectivity index (χ0v) is 9.62. The van der Waals surface area contributed by atoms with Gasteiger partial charge in [0.25, 0.3) is 0 Å². The second kappa shape index (κ2) is 4.53. The third kappa shape index (κ3) is 1.88. The van der Waals surface area contributed by atoms with E-state index in [1.165, 1.54) is 6.20 Å². The third-order valence-corrected chi connectivity index (χ3v) is 3.16. The van der Waals surface area contributed by atoms with E-state index in [1.54, 1.807) is 11.8 Å². The first-order chi connectivity index (χ1) is 7.74. The number of aromatic nitrogens is 1. The molecule has 0 aliphatic heterocycles. The summed E-state index contributed by atoms with van der Waals surface area (Å²) in [7, 11) is 0. The van der Waals surface area contributed by atoms with Gasteiger partial charge in [-0.2, -0.15) is 0 Å². The number of nitrogens with zero attached hydrogens (tertiary/aromatic N) is 1. The lowest BCUT2D eigenvalue weighted by molar-refractivity contribution is 0.0698. The van der Waals surface area contributed by atoms with Crippen LogP contribution < -0.4 is 0 Å². The van der Waals surface area contributed by atoms with Gasteiger partial charge in [-0.3, -0.25) is 0 Å². The van der Waals surface area contributed by atoms with Crippen LogP contribution in [-0.2, 0) is 0 Å². The van der Waals surface area contributed by atoms with E-state index in [1.807, 2.05) is 31.2 Å². The van der Waals surface area contributed by atoms with Crippen molar-refractivity contribution in [3.05, 3.63) is 36.0 Å². The summed E-state index contributed by atoms with van der Waals surface area (Å²) in [5, 5.41) is 11.6. The highest BCUT2D eigenvalue weighted by Gasteiger charge is 2.11. The third-order valence-electron chi connectivity index (χ3n) is 2.27. The summed E-state index contributed by atoms with van der Waals surface area (Å²) in [6.45, 7) is 2.05. The molecule has 1 heterocycles. The van der Waals surface area contributed by atoms with Crippen LogP contribution in [0, 0.1) is 0 Å². The van der Waals surface area contributed by atoms with Crippen molar-refractivity contribution < 1.29 is 9.90 Å². The smallest absolute Gasteiger partial charge is 0.337 e. The molecule has 0 bridgehead atoms. The van der Waals surface area contributed by atoms with E-state index in [-0.39, 0.29) is 5.56 Å². The Morgan fingerprint density at radius 3 is 2.69 bits per heavy atom. The van der Waals surface area contributed by atoms with E-state index in [0.717, 1.165) is 21.6 Å². The van der Waals surface area contributed by atoms with Crippen molar-refractivity contribution in [1.29, 1.82) is 0 Å². The highest BCUT2D eigenvalue weighted by atomic mass is 32.2. The van der Waals surface area contributed by atoms with E-state index in [0.29, 0.717) is 0 Å². The fourth-order valence-corrected chi connectivity index (χ4v) is 2.32. The first kappa shape index (κ1) is 11.0. The molecule has 1 N–H and O–H groups in total. The summed E-state index contributed by atoms with van der Waals surface area (Å²) in [6.07, 6.45) is 1.43. The van der Waals surface area contributed by atoms with Crippen molar-refractivity contribution in [2.45, 2.75) is 11.9 Å². The van der Waals surface area contributed by atoms with Crippen molar-refractivity contribution in [2.24, 2.45) is 0 Å². The molecule has 16 heavy (non-hydrogen) atoms. The number of thioether (sulfide) groups is 1. The quantitative estimate of drug-likeness (QED) is 0.828. The van der Waals surface area contributed by atoms with Crippen LogP contribution in [0.5, 0.6) is 0 Å². The van der Waals surface area contributed by atoms with Crippen LogP contribution in [0.25, 0.3) is 10.8 Å². The number of carboxylic acids is 1. The number of pyridine rings is 1. The summed E-state index contributed by atoms with van der Waals surface area (Å²) in [6, 6.07) is 7.47. The number of benzene rings is 1. The number of hydrogen-bond donors (Lipinski definition) is 1. The molecule has 0 aliphatic carbocycles. The summed E-state index contributed by atoms with van der Waals surface area (Å²) in [5.41, 5.74) is 0.260. The van der Waals surface area contributed by atoms with Crippen molar-refractivity contribution in [3.63, 3.8) is 0 Å². The van der Waals surface area contributed by atoms with Crippen LogP contribution in [0.4, 0.5) is 0 Å². The van der Waals surface area contributed by atoms with Gasteiger partial charge in [-0.25, -0.2) is 9.78 Å². The Hall–Kier alpha value is -1.55. The predicted molar refractivity (Wildman–Crippen MR) is 65.1 cm³/mol. The van der Waals surface area contributed by atoms with E-state index >= 15 is 0 Å². The Morgan fingerprint density at radius 2 is 2.06 bits per heavy atom. The minimum atomic E-state index is -0.934. The van der Waals surface area contributed by atoms with Crippen LogP contribution in [0.3, 0.4) is 0 Å². The van der Waals surface area contributed by atoms with Gasteiger partial charge >= 0.3 is 5.97 Å². The number of rotatable bonds is 3. The van der Waals surface area contributed by atoms with Crippen LogP contribution in [0.15, 0.2) is 35.5 Å². The van der Waals surface area contributed by atoms with Crippen LogP contribution in [0.1, 0.15) is 17.3 Å². The molecule has 0 atom stereocenters. The maximum absolute atomic E-state index is 11.0. The summed E-state index contributed by atoms with van der Waals surface area (Å²) in [4.78, 5) is 15.2. The minimum absolute atomic E-state index is 0.260. The molecule has 3 nitrogen and oxygen atoms in total. The second-order valence-corrected chi connectivity index (χ2v) is 4.51. The maximum atomic E-state index is 11.0. The van der Waals surface area contributed by atoms with E-state index < -0.39 is 5.97 Å². The topological polar surface area (TPSA) is 50.2 Å². The molecule has 1 aromatic heterocycles. The first-order valence-electron chi connectivity index (χ1n) is 4.98. The van der Waals surface area contributed by atoms with Crippen LogP contribution >= 0.6 is 11.8 Å². The van der Waals surface area contributed by atoms with Gasteiger partial charge < -0.3 is 5.11 Å². The number of hydrogen-bond acceptors (Lipinski definition) is 3. The Bertz CT molecular complexity index is 540. The molecule has 1 aromatic carbocycles. The average molecular weight is 233 g/mol. The zero-order valence-electron chi connectivity index (χ0n) is 8.80. The van der Waals surface area contributed by atoms with Gasteiger partial charge in [0.2, 0.25) is 0 Å². The molecule has 0 aliphatic rings. The molecule has 0 unspecified atom stereocenters. The monoisotopic (exact) mass is 233 g/mol. The highest BCUT2D eigenvalue weighted by molar-refractivity contribution is 7.99. The van der Waals surface area contributed by atoms with Crippen molar-refractivity contribution in [1.82, 2.24) is 4.98 Å². The molecule has 0 amide bonds. The lowest BCUT2D eigenvalue weighted by atomic mass is 10.1. The van der Waals surface area contributed by atoms with Crippen molar-refractivity contribution in [3.8, 4) is 0 Å². The summed E-state index contributed by atoms with van der Waals surface area (Å²) >= 11 is 1.62. The van der Waals surface area contributed by atoms with Gasteiger partial charge in [-0.05, 0) is 5.75 Å². The molecule has 0 saturated carbocycles. The van der Waals surface area contributed by atoms with Gasteiger partial charge in [0.05, 0.1) is 5.56 Å². The molecule has 0 fully saturated rings. The average Bonchev–Trinajstić information content (AvgIpc) is 2.29. The van der Waals surface area contributed by atoms with Gasteiger partial charge in [0, 0.05) is 17.0 Å². The van der Waals surface area contributed by atoms with Gasteiger partial charge in [-0.1, -0.05) is 31.2 Å². The van der Waals surface area contributed by atoms with Crippen LogP contribution in [0.2, 0.25) is 0 Å². The van der Waals surface area contributed by atoms with Crippen LogP contribution in [-0.4, -0.2) is 21.8 Å². The molecule has 4 heteroatoms. The number of aromatic carboxylic acids is 1. The van der Waals surface area contributed by atoms with Gasteiger partial charge in [-0.15, -0.1) is 11.8 Å². The Labute approximate surface area is 97.5 Å². The lowest BCUT2D eigenvalue weighted by Crippen LogP contribution is -1.99. The van der Waals surface area contributed by atoms with Gasteiger partial charge in [0.1, 0.15) is 5.03 Å².